The van der Waals surface area contributed by atoms with Crippen LogP contribution >= 0.6 is 11.6 Å². The molecular formula is C16H13ClN2O9. The van der Waals surface area contributed by atoms with Crippen molar-refractivity contribution in [3.63, 3.8) is 0 Å². The standard InChI is InChI=1S/C8H8ClNO2.C6H5NO3.2CO2/c1-5-3-6(9)4-7(10-5)8(11)12-2;8-4-1-2-7-5(3-4)6(9)10;2*2-1-3/h3-4H,1-2H3;1-3H,(H,7,8)(H,9,10);;. The minimum atomic E-state index is -1.13. The Balaban J connectivity index is 0. The molecule has 2 aromatic rings. The number of hydrogen-bond acceptors (Lipinski definition) is 9. The Kier molecular flexibility index (Phi) is 14.4. The molecule has 28 heavy (non-hydrogen) atoms. The summed E-state index contributed by atoms with van der Waals surface area (Å²) in [5.41, 5.74) is 0.536. The molecule has 0 bridgehead atoms. The van der Waals surface area contributed by atoms with Gasteiger partial charge in [0, 0.05) is 29.0 Å². The number of carboxylic acid groups (broad SMARTS) is 1. The number of carboxylic acids is 1. The number of nitrogens with zero attached hydrogens (tertiary/aromatic N) is 1. The van der Waals surface area contributed by atoms with E-state index in [9.17, 15) is 14.4 Å². The van der Waals surface area contributed by atoms with Crippen molar-refractivity contribution >= 4 is 35.8 Å². The van der Waals surface area contributed by atoms with Crippen molar-refractivity contribution in [1.82, 2.24) is 9.97 Å². The average molecular weight is 413 g/mol. The molecular weight excluding hydrogens is 400 g/mol. The second-order valence-electron chi connectivity index (χ2n) is 4.21. The molecule has 11 nitrogen and oxygen atoms in total. The van der Waals surface area contributed by atoms with E-state index in [1.54, 1.807) is 13.0 Å². The Morgan fingerprint density at radius 1 is 1.14 bits per heavy atom. The van der Waals surface area contributed by atoms with E-state index in [4.69, 9.17) is 35.9 Å². The Labute approximate surface area is 161 Å². The molecule has 0 aromatic carbocycles. The molecule has 2 N–H and O–H groups in total. The normalized spacial score (nSPS) is 7.96. The van der Waals surface area contributed by atoms with Crippen LogP contribution in [-0.4, -0.2) is 46.4 Å². The van der Waals surface area contributed by atoms with E-state index in [0.29, 0.717) is 10.7 Å². The van der Waals surface area contributed by atoms with Crippen molar-refractivity contribution in [2.75, 3.05) is 7.11 Å². The molecule has 12 heteroatoms. The van der Waals surface area contributed by atoms with E-state index >= 15 is 0 Å². The van der Waals surface area contributed by atoms with Gasteiger partial charge in [0.25, 0.3) is 0 Å². The SMILES string of the molecule is COC(=O)c1cc(Cl)cc(C)n1.O=C(O)c1cc(=O)cc[nH]1.O=C=O.O=C=O. The van der Waals surface area contributed by atoms with Crippen LogP contribution < -0.4 is 5.43 Å². The zero-order chi connectivity index (χ0) is 22.1. The van der Waals surface area contributed by atoms with Crippen LogP contribution in [0.2, 0.25) is 5.02 Å². The number of H-pyrrole nitrogens is 1. The van der Waals surface area contributed by atoms with E-state index in [0.717, 1.165) is 6.07 Å². The molecule has 0 spiro atoms. The third-order valence-electron chi connectivity index (χ3n) is 2.32. The molecule has 0 amide bonds. The first-order valence-electron chi connectivity index (χ1n) is 6.79. The number of rotatable bonds is 2. The molecule has 0 aliphatic carbocycles. The van der Waals surface area contributed by atoms with Gasteiger partial charge in [0.1, 0.15) is 11.4 Å². The summed E-state index contributed by atoms with van der Waals surface area (Å²) >= 11 is 5.70. The third kappa shape index (κ3) is 12.5. The quantitative estimate of drug-likeness (QED) is 0.668. The van der Waals surface area contributed by atoms with Crippen molar-refractivity contribution in [2.45, 2.75) is 6.92 Å². The maximum atomic E-state index is 11.0. The van der Waals surface area contributed by atoms with Gasteiger partial charge in [-0.3, -0.25) is 4.79 Å². The number of aromatic amines is 1. The zero-order valence-corrected chi connectivity index (χ0v) is 15.2. The fraction of sp³-hybridized carbons (Fsp3) is 0.125. The van der Waals surface area contributed by atoms with E-state index < -0.39 is 11.9 Å². The number of aryl methyl sites for hydroxylation is 1. The lowest BCUT2D eigenvalue weighted by molar-refractivity contribution is -0.193. The van der Waals surface area contributed by atoms with Gasteiger partial charge >= 0.3 is 24.2 Å². The predicted octanol–water partition coefficient (Wildman–Crippen LogP) is 0.736. The van der Waals surface area contributed by atoms with Crippen LogP contribution in [0.4, 0.5) is 0 Å². The Hall–Kier alpha value is -3.91. The topological polar surface area (TPSA) is 178 Å². The van der Waals surface area contributed by atoms with Crippen molar-refractivity contribution < 1.29 is 38.6 Å². The lowest BCUT2D eigenvalue weighted by atomic mass is 10.3. The van der Waals surface area contributed by atoms with Gasteiger partial charge < -0.3 is 14.8 Å². The maximum Gasteiger partial charge on any atom is 0.373 e. The fourth-order valence-electron chi connectivity index (χ4n) is 1.40. The number of methoxy groups -OCH3 is 1. The van der Waals surface area contributed by atoms with E-state index in [1.807, 2.05) is 0 Å². The largest absolute Gasteiger partial charge is 0.477 e. The van der Waals surface area contributed by atoms with Crippen molar-refractivity contribution in [2.24, 2.45) is 0 Å². The number of esters is 1. The number of aromatic nitrogens is 2. The number of ether oxygens (including phenoxy) is 1. The number of carbonyl (C=O) groups excluding carboxylic acids is 5. The number of halogens is 1. The lowest BCUT2D eigenvalue weighted by Crippen LogP contribution is -2.06. The van der Waals surface area contributed by atoms with Gasteiger partial charge in [-0.25, -0.2) is 14.6 Å². The fourth-order valence-corrected chi connectivity index (χ4v) is 1.67. The highest BCUT2D eigenvalue weighted by molar-refractivity contribution is 6.30. The summed E-state index contributed by atoms with van der Waals surface area (Å²) in [4.78, 5) is 70.5. The van der Waals surface area contributed by atoms with Crippen LogP contribution in [0, 0.1) is 6.92 Å². The minimum Gasteiger partial charge on any atom is -0.477 e. The maximum absolute atomic E-state index is 11.0. The summed E-state index contributed by atoms with van der Waals surface area (Å²) in [6.45, 7) is 1.76. The molecule has 2 aromatic heterocycles. The third-order valence-corrected chi connectivity index (χ3v) is 2.53. The highest BCUT2D eigenvalue weighted by atomic mass is 35.5. The smallest absolute Gasteiger partial charge is 0.373 e. The molecule has 0 radical (unpaired) electrons. The van der Waals surface area contributed by atoms with Gasteiger partial charge in [-0.2, -0.15) is 19.2 Å². The number of pyridine rings is 2. The molecule has 0 atom stereocenters. The Bertz CT molecular complexity index is 880. The summed E-state index contributed by atoms with van der Waals surface area (Å²) in [5, 5.41) is 8.83. The average Bonchev–Trinajstić information content (AvgIpc) is 2.62. The second kappa shape index (κ2) is 15.4. The summed E-state index contributed by atoms with van der Waals surface area (Å²) < 4.78 is 4.49. The first-order valence-corrected chi connectivity index (χ1v) is 7.17. The van der Waals surface area contributed by atoms with Crippen LogP contribution in [0.15, 0.2) is 35.3 Å². The second-order valence-corrected chi connectivity index (χ2v) is 4.65. The van der Waals surface area contributed by atoms with E-state index in [2.05, 4.69) is 14.7 Å². The van der Waals surface area contributed by atoms with Crippen molar-refractivity contribution in [3.8, 4) is 0 Å². The number of carbonyl (C=O) groups is 2. The van der Waals surface area contributed by atoms with Gasteiger partial charge in [-0.05, 0) is 19.1 Å². The van der Waals surface area contributed by atoms with Crippen molar-refractivity contribution in [1.29, 1.82) is 0 Å². The minimum absolute atomic E-state index is 0.0903. The van der Waals surface area contributed by atoms with Crippen LogP contribution in [0.25, 0.3) is 0 Å². The zero-order valence-electron chi connectivity index (χ0n) is 14.4. The Morgan fingerprint density at radius 3 is 2.04 bits per heavy atom. The van der Waals surface area contributed by atoms with Gasteiger partial charge in [0.2, 0.25) is 0 Å². The molecule has 148 valence electrons. The number of hydrogen-bond donors (Lipinski definition) is 2. The summed E-state index contributed by atoms with van der Waals surface area (Å²) in [6.07, 6.45) is 1.80. The number of nitrogens with one attached hydrogen (secondary N) is 1. The van der Waals surface area contributed by atoms with E-state index in [-0.39, 0.29) is 29.1 Å². The van der Waals surface area contributed by atoms with Gasteiger partial charge in [-0.15, -0.1) is 0 Å². The summed E-state index contributed by atoms with van der Waals surface area (Å²) in [5.74, 6) is -1.60. The Morgan fingerprint density at radius 2 is 1.68 bits per heavy atom. The highest BCUT2D eigenvalue weighted by Gasteiger charge is 2.07. The van der Waals surface area contributed by atoms with E-state index in [1.165, 1.54) is 25.4 Å². The molecule has 0 saturated heterocycles. The van der Waals surface area contributed by atoms with Crippen molar-refractivity contribution in [3.05, 3.63) is 62.8 Å². The number of aromatic carboxylic acids is 1. The van der Waals surface area contributed by atoms with Crippen LogP contribution in [0.3, 0.4) is 0 Å². The summed E-state index contributed by atoms with van der Waals surface area (Å²) in [7, 11) is 1.31. The lowest BCUT2D eigenvalue weighted by Gasteiger charge is -1.99. The van der Waals surface area contributed by atoms with Crippen LogP contribution in [-0.2, 0) is 23.9 Å². The monoisotopic (exact) mass is 412 g/mol. The predicted molar refractivity (Wildman–Crippen MR) is 89.4 cm³/mol. The molecule has 0 saturated carbocycles. The van der Waals surface area contributed by atoms with Crippen LogP contribution in [0.1, 0.15) is 26.7 Å². The van der Waals surface area contributed by atoms with Crippen LogP contribution in [0.5, 0.6) is 0 Å². The molecule has 0 aliphatic heterocycles. The van der Waals surface area contributed by atoms with Gasteiger partial charge in [0.15, 0.2) is 5.43 Å². The molecule has 2 heterocycles. The first-order chi connectivity index (χ1) is 13.2. The molecule has 0 unspecified atom stereocenters. The molecule has 0 aliphatic rings. The molecule has 2 rings (SSSR count). The first kappa shape index (κ1) is 26.3. The molecule has 0 fully saturated rings. The van der Waals surface area contributed by atoms with Gasteiger partial charge in [0.05, 0.1) is 7.11 Å². The highest BCUT2D eigenvalue weighted by Crippen LogP contribution is 2.11. The summed E-state index contributed by atoms with van der Waals surface area (Å²) in [6, 6.07) is 5.43. The van der Waals surface area contributed by atoms with Gasteiger partial charge in [-0.1, -0.05) is 11.6 Å².